The lowest BCUT2D eigenvalue weighted by atomic mass is 10.0. The Morgan fingerprint density at radius 2 is 2.22 bits per heavy atom. The van der Waals surface area contributed by atoms with Gasteiger partial charge in [-0.25, -0.2) is 0 Å². The highest BCUT2D eigenvalue weighted by Gasteiger charge is 2.38. The molecule has 23 heavy (non-hydrogen) atoms. The minimum absolute atomic E-state index is 0.144. The molecule has 1 saturated heterocycles. The van der Waals surface area contributed by atoms with Gasteiger partial charge in [-0.1, -0.05) is 34.8 Å². The normalized spacial score (nSPS) is 21.5. The Labute approximate surface area is 139 Å². The SMILES string of the molecule is CN(CC1(O)CCN(Cc2ccccc2)C1)C(=O)c1cnns1. The summed E-state index contributed by atoms with van der Waals surface area (Å²) in [4.78, 5) is 16.5. The molecule has 122 valence electrons. The highest BCUT2D eigenvalue weighted by Crippen LogP contribution is 2.24. The zero-order chi connectivity index (χ0) is 16.3. The average molecular weight is 332 g/mol. The second-order valence-corrected chi connectivity index (χ2v) is 6.90. The first-order valence-electron chi connectivity index (χ1n) is 7.57. The Morgan fingerprint density at radius 3 is 2.91 bits per heavy atom. The van der Waals surface area contributed by atoms with Crippen molar-refractivity contribution in [1.29, 1.82) is 0 Å². The van der Waals surface area contributed by atoms with E-state index in [9.17, 15) is 9.90 Å². The van der Waals surface area contributed by atoms with Gasteiger partial charge in [-0.3, -0.25) is 9.69 Å². The van der Waals surface area contributed by atoms with E-state index in [0.717, 1.165) is 24.6 Å². The highest BCUT2D eigenvalue weighted by atomic mass is 32.1. The molecule has 1 fully saturated rings. The van der Waals surface area contributed by atoms with Crippen molar-refractivity contribution in [2.24, 2.45) is 0 Å². The molecule has 0 aliphatic carbocycles. The van der Waals surface area contributed by atoms with Crippen LogP contribution in [-0.4, -0.2) is 62.7 Å². The molecule has 0 saturated carbocycles. The van der Waals surface area contributed by atoms with Gasteiger partial charge >= 0.3 is 0 Å². The van der Waals surface area contributed by atoms with Crippen molar-refractivity contribution in [3.05, 3.63) is 47.0 Å². The number of aromatic nitrogens is 2. The fourth-order valence-electron chi connectivity index (χ4n) is 3.01. The summed E-state index contributed by atoms with van der Waals surface area (Å²) in [6.07, 6.45) is 2.13. The second kappa shape index (κ2) is 6.74. The van der Waals surface area contributed by atoms with Crippen LogP contribution in [0.5, 0.6) is 0 Å². The largest absolute Gasteiger partial charge is 0.387 e. The molecule has 0 radical (unpaired) electrons. The molecule has 1 atom stereocenters. The van der Waals surface area contributed by atoms with Gasteiger partial charge in [-0.05, 0) is 23.5 Å². The van der Waals surface area contributed by atoms with Crippen molar-refractivity contribution >= 4 is 17.4 Å². The maximum atomic E-state index is 12.2. The van der Waals surface area contributed by atoms with E-state index in [4.69, 9.17) is 0 Å². The number of carbonyl (C=O) groups excluding carboxylic acids is 1. The third-order valence-corrected chi connectivity index (χ3v) is 4.76. The molecular formula is C16H20N4O2S. The fraction of sp³-hybridized carbons (Fsp3) is 0.438. The van der Waals surface area contributed by atoms with Crippen LogP contribution in [0, 0.1) is 0 Å². The van der Waals surface area contributed by atoms with Gasteiger partial charge in [-0.15, -0.1) is 5.10 Å². The Balaban J connectivity index is 1.57. The number of likely N-dealkylation sites (N-methyl/N-ethyl adjacent to an activating group) is 1. The smallest absolute Gasteiger partial charge is 0.267 e. The number of rotatable bonds is 5. The Hall–Kier alpha value is -1.83. The number of hydrogen-bond donors (Lipinski definition) is 1. The van der Waals surface area contributed by atoms with Gasteiger partial charge in [0.1, 0.15) is 4.88 Å². The molecule has 1 aliphatic heterocycles. The number of hydrogen-bond acceptors (Lipinski definition) is 6. The summed E-state index contributed by atoms with van der Waals surface area (Å²) in [7, 11) is 1.71. The average Bonchev–Trinajstić information content (AvgIpc) is 3.18. The van der Waals surface area contributed by atoms with Gasteiger partial charge in [-0.2, -0.15) is 0 Å². The van der Waals surface area contributed by atoms with E-state index in [0.29, 0.717) is 24.4 Å². The molecule has 6 nitrogen and oxygen atoms in total. The van der Waals surface area contributed by atoms with E-state index in [1.165, 1.54) is 11.8 Å². The zero-order valence-corrected chi connectivity index (χ0v) is 13.9. The van der Waals surface area contributed by atoms with Crippen LogP contribution in [0.1, 0.15) is 21.7 Å². The van der Waals surface area contributed by atoms with Crippen LogP contribution in [0.4, 0.5) is 0 Å². The molecule has 3 rings (SSSR count). The lowest BCUT2D eigenvalue weighted by molar-refractivity contribution is 0.0172. The van der Waals surface area contributed by atoms with E-state index < -0.39 is 5.60 Å². The number of benzene rings is 1. The molecule has 1 unspecified atom stereocenters. The van der Waals surface area contributed by atoms with E-state index in [2.05, 4.69) is 26.6 Å². The molecular weight excluding hydrogens is 312 g/mol. The first-order chi connectivity index (χ1) is 11.1. The van der Waals surface area contributed by atoms with E-state index in [1.807, 2.05) is 18.2 Å². The van der Waals surface area contributed by atoms with Crippen molar-refractivity contribution in [2.75, 3.05) is 26.7 Å². The minimum atomic E-state index is -0.864. The predicted molar refractivity (Wildman–Crippen MR) is 88.2 cm³/mol. The van der Waals surface area contributed by atoms with Crippen LogP contribution in [-0.2, 0) is 6.54 Å². The van der Waals surface area contributed by atoms with Gasteiger partial charge < -0.3 is 10.0 Å². The first-order valence-corrected chi connectivity index (χ1v) is 8.35. The van der Waals surface area contributed by atoms with E-state index in [-0.39, 0.29) is 5.91 Å². The van der Waals surface area contributed by atoms with Gasteiger partial charge in [0, 0.05) is 26.7 Å². The predicted octanol–water partition coefficient (Wildman–Crippen LogP) is 1.25. The van der Waals surface area contributed by atoms with Crippen LogP contribution in [0.3, 0.4) is 0 Å². The number of amides is 1. The number of likely N-dealkylation sites (tertiary alicyclic amines) is 1. The quantitative estimate of drug-likeness (QED) is 0.892. The lowest BCUT2D eigenvalue weighted by Crippen LogP contribution is -2.45. The summed E-state index contributed by atoms with van der Waals surface area (Å²) in [6.45, 7) is 2.53. The third kappa shape index (κ3) is 3.93. The maximum Gasteiger partial charge on any atom is 0.267 e. The molecule has 2 aromatic rings. The summed E-state index contributed by atoms with van der Waals surface area (Å²) in [5.74, 6) is -0.144. The van der Waals surface area contributed by atoms with E-state index >= 15 is 0 Å². The Kier molecular flexibility index (Phi) is 4.70. The summed E-state index contributed by atoms with van der Waals surface area (Å²) in [5.41, 5.74) is 0.369. The van der Waals surface area contributed by atoms with Crippen molar-refractivity contribution in [1.82, 2.24) is 19.4 Å². The van der Waals surface area contributed by atoms with Crippen LogP contribution in [0.15, 0.2) is 36.5 Å². The summed E-state index contributed by atoms with van der Waals surface area (Å²) in [5, 5.41) is 14.5. The second-order valence-electron chi connectivity index (χ2n) is 6.11. The van der Waals surface area contributed by atoms with Gasteiger partial charge in [0.2, 0.25) is 0 Å². The molecule has 2 heterocycles. The van der Waals surface area contributed by atoms with Crippen molar-refractivity contribution < 1.29 is 9.90 Å². The molecule has 0 spiro atoms. The van der Waals surface area contributed by atoms with Gasteiger partial charge in [0.05, 0.1) is 18.3 Å². The minimum Gasteiger partial charge on any atom is -0.387 e. The maximum absolute atomic E-state index is 12.2. The monoisotopic (exact) mass is 332 g/mol. The molecule has 1 aromatic carbocycles. The molecule has 1 aromatic heterocycles. The number of β-amino-alcohol motifs (C(OH)–C–C–N with tert-alkyl or cyclic N) is 1. The number of nitrogens with zero attached hydrogens (tertiary/aromatic N) is 4. The summed E-state index contributed by atoms with van der Waals surface area (Å²) < 4.78 is 3.71. The van der Waals surface area contributed by atoms with Crippen LogP contribution in [0.2, 0.25) is 0 Å². The topological polar surface area (TPSA) is 69.6 Å². The van der Waals surface area contributed by atoms with Crippen LogP contribution in [0.25, 0.3) is 0 Å². The Bertz CT molecular complexity index is 649. The molecule has 1 amide bonds. The first kappa shape index (κ1) is 16.0. The van der Waals surface area contributed by atoms with Crippen molar-refractivity contribution in [3.8, 4) is 0 Å². The molecule has 1 N–H and O–H groups in total. The van der Waals surface area contributed by atoms with Crippen LogP contribution >= 0.6 is 11.5 Å². The van der Waals surface area contributed by atoms with E-state index in [1.54, 1.807) is 11.9 Å². The van der Waals surface area contributed by atoms with Gasteiger partial charge in [0.15, 0.2) is 0 Å². The summed E-state index contributed by atoms with van der Waals surface area (Å²) >= 11 is 1.07. The number of carbonyl (C=O) groups is 1. The van der Waals surface area contributed by atoms with Crippen LogP contribution < -0.4 is 0 Å². The third-order valence-electron chi connectivity index (χ3n) is 4.11. The summed E-state index contributed by atoms with van der Waals surface area (Å²) in [6, 6.07) is 10.2. The molecule has 7 heteroatoms. The number of aliphatic hydroxyl groups is 1. The fourth-order valence-corrected chi connectivity index (χ4v) is 3.52. The molecule has 1 aliphatic rings. The standard InChI is InChI=1S/C16H20N4O2S/c1-19(15(21)14-9-17-18-23-14)11-16(22)7-8-20(12-16)10-13-5-3-2-4-6-13/h2-6,9,22H,7-8,10-12H2,1H3. The zero-order valence-electron chi connectivity index (χ0n) is 13.1. The van der Waals surface area contributed by atoms with Crippen molar-refractivity contribution in [3.63, 3.8) is 0 Å². The van der Waals surface area contributed by atoms with Gasteiger partial charge in [0.25, 0.3) is 5.91 Å². The Morgan fingerprint density at radius 1 is 1.43 bits per heavy atom. The highest BCUT2D eigenvalue weighted by molar-refractivity contribution is 7.07. The molecule has 0 bridgehead atoms. The lowest BCUT2D eigenvalue weighted by Gasteiger charge is -2.28. The van der Waals surface area contributed by atoms with Crippen molar-refractivity contribution in [2.45, 2.75) is 18.6 Å².